The summed E-state index contributed by atoms with van der Waals surface area (Å²) >= 11 is 1.11. The van der Waals surface area contributed by atoms with Gasteiger partial charge in [0.25, 0.3) is 5.91 Å². The molecule has 0 bridgehead atoms. The van der Waals surface area contributed by atoms with Crippen molar-refractivity contribution in [1.82, 2.24) is 8.75 Å². The maximum Gasteiger partial charge on any atom is 0.265 e. The summed E-state index contributed by atoms with van der Waals surface area (Å²) in [7, 11) is 1.56. The molecule has 1 amide bonds. The number of rotatable bonds is 5. The van der Waals surface area contributed by atoms with E-state index in [2.05, 4.69) is 14.1 Å². The number of benzene rings is 2. The Morgan fingerprint density at radius 3 is 2.70 bits per heavy atom. The van der Waals surface area contributed by atoms with Crippen LogP contribution in [0.4, 0.5) is 5.69 Å². The van der Waals surface area contributed by atoms with Crippen LogP contribution in [0, 0.1) is 0 Å². The first kappa shape index (κ1) is 15.2. The van der Waals surface area contributed by atoms with E-state index in [0.717, 1.165) is 17.2 Å². The SMILES string of the molecule is COc1ccccc1O[C@H](C)C(=O)Nc1cccc2nsnc12. The van der Waals surface area contributed by atoms with Gasteiger partial charge in [0.15, 0.2) is 17.6 Å². The van der Waals surface area contributed by atoms with Crippen LogP contribution in [-0.4, -0.2) is 27.9 Å². The first-order valence-corrected chi connectivity index (χ1v) is 7.74. The standard InChI is InChI=1S/C16H15N3O3S/c1-10(22-14-9-4-3-8-13(14)21-2)16(20)17-11-6-5-7-12-15(11)19-23-18-12/h3-10H,1-2H3,(H,17,20)/t10-/m1/s1. The van der Waals surface area contributed by atoms with Gasteiger partial charge in [0.2, 0.25) is 0 Å². The number of hydrogen-bond acceptors (Lipinski definition) is 6. The fraction of sp³-hybridized carbons (Fsp3) is 0.188. The first-order valence-electron chi connectivity index (χ1n) is 7.01. The zero-order chi connectivity index (χ0) is 16.2. The zero-order valence-corrected chi connectivity index (χ0v) is 13.5. The number of ether oxygens (including phenoxy) is 2. The molecule has 1 N–H and O–H groups in total. The lowest BCUT2D eigenvalue weighted by molar-refractivity contribution is -0.122. The van der Waals surface area contributed by atoms with Crippen molar-refractivity contribution in [2.75, 3.05) is 12.4 Å². The summed E-state index contributed by atoms with van der Waals surface area (Å²) in [5.74, 6) is 0.834. The molecule has 2 aromatic carbocycles. The van der Waals surface area contributed by atoms with Crippen molar-refractivity contribution >= 4 is 34.4 Å². The zero-order valence-electron chi connectivity index (χ0n) is 12.6. The van der Waals surface area contributed by atoms with Crippen molar-refractivity contribution in [2.24, 2.45) is 0 Å². The second-order valence-corrected chi connectivity index (χ2v) is 5.37. The molecule has 0 unspecified atom stereocenters. The maximum atomic E-state index is 12.4. The van der Waals surface area contributed by atoms with Crippen molar-refractivity contribution in [1.29, 1.82) is 0 Å². The highest BCUT2D eigenvalue weighted by atomic mass is 32.1. The average molecular weight is 329 g/mol. The highest BCUT2D eigenvalue weighted by Crippen LogP contribution is 2.27. The highest BCUT2D eigenvalue weighted by Gasteiger charge is 2.18. The molecule has 0 aliphatic rings. The van der Waals surface area contributed by atoms with Crippen LogP contribution < -0.4 is 14.8 Å². The van der Waals surface area contributed by atoms with E-state index < -0.39 is 6.10 Å². The molecule has 118 valence electrons. The average Bonchev–Trinajstić information content (AvgIpc) is 3.05. The Kier molecular flexibility index (Phi) is 4.38. The second-order valence-electron chi connectivity index (χ2n) is 4.84. The fourth-order valence-corrected chi connectivity index (χ4v) is 2.65. The first-order chi connectivity index (χ1) is 11.2. The number of nitrogens with zero attached hydrogens (tertiary/aromatic N) is 2. The normalized spacial score (nSPS) is 11.9. The molecule has 1 heterocycles. The van der Waals surface area contributed by atoms with Gasteiger partial charge in [-0.25, -0.2) is 0 Å². The van der Waals surface area contributed by atoms with Gasteiger partial charge in [0.05, 0.1) is 24.5 Å². The molecule has 0 aliphatic heterocycles. The van der Waals surface area contributed by atoms with Gasteiger partial charge in [-0.15, -0.1) is 0 Å². The molecule has 0 fully saturated rings. The van der Waals surface area contributed by atoms with E-state index >= 15 is 0 Å². The monoisotopic (exact) mass is 329 g/mol. The summed E-state index contributed by atoms with van der Waals surface area (Å²) in [6.45, 7) is 1.68. The quantitative estimate of drug-likeness (QED) is 0.778. The minimum absolute atomic E-state index is 0.267. The maximum absolute atomic E-state index is 12.4. The molecular formula is C16H15N3O3S. The molecule has 3 rings (SSSR count). The minimum Gasteiger partial charge on any atom is -0.493 e. The molecule has 0 saturated heterocycles. The van der Waals surface area contributed by atoms with Gasteiger partial charge in [-0.05, 0) is 31.2 Å². The van der Waals surface area contributed by atoms with E-state index in [4.69, 9.17) is 9.47 Å². The summed E-state index contributed by atoms with van der Waals surface area (Å²) in [6.07, 6.45) is -0.687. The number of anilines is 1. The Morgan fingerprint density at radius 1 is 1.13 bits per heavy atom. The number of methoxy groups -OCH3 is 1. The molecule has 0 aliphatic carbocycles. The fourth-order valence-electron chi connectivity index (χ4n) is 2.10. The molecule has 0 spiro atoms. The van der Waals surface area contributed by atoms with Crippen LogP contribution in [0.5, 0.6) is 11.5 Å². The van der Waals surface area contributed by atoms with Crippen molar-refractivity contribution in [3.05, 3.63) is 42.5 Å². The molecule has 23 heavy (non-hydrogen) atoms. The van der Waals surface area contributed by atoms with Gasteiger partial charge >= 0.3 is 0 Å². The molecule has 6 nitrogen and oxygen atoms in total. The van der Waals surface area contributed by atoms with E-state index in [1.165, 1.54) is 0 Å². The van der Waals surface area contributed by atoms with Crippen LogP contribution in [0.3, 0.4) is 0 Å². The lowest BCUT2D eigenvalue weighted by Gasteiger charge is -2.16. The van der Waals surface area contributed by atoms with Gasteiger partial charge in [-0.2, -0.15) is 8.75 Å². The van der Waals surface area contributed by atoms with Crippen LogP contribution in [0.1, 0.15) is 6.92 Å². The van der Waals surface area contributed by atoms with Gasteiger partial charge in [0.1, 0.15) is 11.0 Å². The van der Waals surface area contributed by atoms with E-state index in [1.807, 2.05) is 24.3 Å². The second kappa shape index (κ2) is 6.62. The van der Waals surface area contributed by atoms with Gasteiger partial charge in [-0.3, -0.25) is 4.79 Å². The number of nitrogens with one attached hydrogen (secondary N) is 1. The predicted octanol–water partition coefficient (Wildman–Crippen LogP) is 3.11. The lowest BCUT2D eigenvalue weighted by Crippen LogP contribution is -2.30. The van der Waals surface area contributed by atoms with E-state index in [9.17, 15) is 4.79 Å². The van der Waals surface area contributed by atoms with Gasteiger partial charge < -0.3 is 14.8 Å². The number of amides is 1. The van der Waals surface area contributed by atoms with E-state index in [1.54, 1.807) is 32.2 Å². The van der Waals surface area contributed by atoms with Gasteiger partial charge in [0, 0.05) is 0 Å². The summed E-state index contributed by atoms with van der Waals surface area (Å²) in [5, 5.41) is 2.83. The Hall–Kier alpha value is -2.67. The number of aromatic nitrogens is 2. The number of carbonyl (C=O) groups is 1. The number of carbonyl (C=O) groups excluding carboxylic acids is 1. The summed E-state index contributed by atoms with van der Waals surface area (Å²) in [5.41, 5.74) is 2.05. The van der Waals surface area contributed by atoms with Crippen LogP contribution in [0.15, 0.2) is 42.5 Å². The van der Waals surface area contributed by atoms with Crippen molar-refractivity contribution in [3.8, 4) is 11.5 Å². The Balaban J connectivity index is 1.74. The van der Waals surface area contributed by atoms with Crippen molar-refractivity contribution in [2.45, 2.75) is 13.0 Å². The van der Waals surface area contributed by atoms with Crippen LogP contribution >= 0.6 is 11.7 Å². The third-order valence-electron chi connectivity index (χ3n) is 3.29. The summed E-state index contributed by atoms with van der Waals surface area (Å²) < 4.78 is 19.3. The lowest BCUT2D eigenvalue weighted by atomic mass is 10.2. The molecule has 3 aromatic rings. The number of fused-ring (bicyclic) bond motifs is 1. The molecular weight excluding hydrogens is 314 g/mol. The van der Waals surface area contributed by atoms with Crippen molar-refractivity contribution < 1.29 is 14.3 Å². The number of hydrogen-bond donors (Lipinski definition) is 1. The van der Waals surface area contributed by atoms with Crippen LogP contribution in [0.25, 0.3) is 11.0 Å². The molecule has 0 saturated carbocycles. The van der Waals surface area contributed by atoms with E-state index in [0.29, 0.717) is 22.7 Å². The molecule has 0 radical (unpaired) electrons. The number of para-hydroxylation sites is 2. The Bertz CT molecular complexity index is 834. The predicted molar refractivity (Wildman–Crippen MR) is 89.1 cm³/mol. The summed E-state index contributed by atoms with van der Waals surface area (Å²) in [4.78, 5) is 12.4. The highest BCUT2D eigenvalue weighted by molar-refractivity contribution is 7.00. The van der Waals surface area contributed by atoms with E-state index in [-0.39, 0.29) is 5.91 Å². The minimum atomic E-state index is -0.687. The van der Waals surface area contributed by atoms with Crippen LogP contribution in [0.2, 0.25) is 0 Å². The van der Waals surface area contributed by atoms with Crippen LogP contribution in [-0.2, 0) is 4.79 Å². The molecule has 7 heteroatoms. The smallest absolute Gasteiger partial charge is 0.265 e. The van der Waals surface area contributed by atoms with Gasteiger partial charge in [-0.1, -0.05) is 18.2 Å². The Morgan fingerprint density at radius 2 is 1.91 bits per heavy atom. The third kappa shape index (κ3) is 3.24. The summed E-state index contributed by atoms with van der Waals surface area (Å²) in [6, 6.07) is 12.7. The largest absolute Gasteiger partial charge is 0.493 e. The molecule has 1 aromatic heterocycles. The van der Waals surface area contributed by atoms with Crippen molar-refractivity contribution in [3.63, 3.8) is 0 Å². The Labute approximate surface area is 137 Å². The molecule has 1 atom stereocenters. The topological polar surface area (TPSA) is 73.3 Å². The third-order valence-corrected chi connectivity index (χ3v) is 3.83.